The number of carboxylic acid groups (broad SMARTS) is 1. The fourth-order valence-corrected chi connectivity index (χ4v) is 7.07. The zero-order valence-electron chi connectivity index (χ0n) is 13.6. The second-order valence-electron chi connectivity index (χ2n) is 5.64. The van der Waals surface area contributed by atoms with Crippen LogP contribution in [0.15, 0.2) is 91.0 Å². The topological polar surface area (TPSA) is 54.4 Å². The summed E-state index contributed by atoms with van der Waals surface area (Å²) in [6.07, 6.45) is -0.494. The average molecular weight is 349 g/mol. The first kappa shape index (κ1) is 17.1. The molecule has 0 atom stereocenters. The normalized spacial score (nSPS) is 11.0. The van der Waals surface area contributed by atoms with Crippen LogP contribution >= 0.6 is 7.26 Å². The summed E-state index contributed by atoms with van der Waals surface area (Å²) in [4.78, 5) is 24.7. The molecule has 0 saturated carbocycles. The van der Waals surface area contributed by atoms with Crippen LogP contribution in [0, 0.1) is 0 Å². The Bertz CT molecular complexity index is 765. The lowest BCUT2D eigenvalue weighted by atomic mass is 10.3. The molecule has 25 heavy (non-hydrogen) atoms. The van der Waals surface area contributed by atoms with Gasteiger partial charge >= 0.3 is 5.97 Å². The molecule has 3 rings (SSSR count). The Morgan fingerprint density at radius 3 is 1.24 bits per heavy atom. The van der Waals surface area contributed by atoms with Gasteiger partial charge in [-0.2, -0.15) is 0 Å². The lowest BCUT2D eigenvalue weighted by Crippen LogP contribution is -2.37. The van der Waals surface area contributed by atoms with Gasteiger partial charge in [0.1, 0.15) is 22.3 Å². The molecular weight excluding hydrogens is 331 g/mol. The molecule has 3 aromatic carbocycles. The molecule has 0 aliphatic carbocycles. The number of benzene rings is 3. The fourth-order valence-electron chi connectivity index (χ4n) is 3.08. The average Bonchev–Trinajstić information content (AvgIpc) is 2.64. The summed E-state index contributed by atoms with van der Waals surface area (Å²) >= 11 is 0. The van der Waals surface area contributed by atoms with E-state index in [4.69, 9.17) is 0 Å². The first-order valence-corrected chi connectivity index (χ1v) is 9.75. The summed E-state index contributed by atoms with van der Waals surface area (Å²) in [5, 5.41) is 11.9. The van der Waals surface area contributed by atoms with Gasteiger partial charge in [0.25, 0.3) is 5.52 Å². The van der Waals surface area contributed by atoms with E-state index in [1.54, 1.807) is 0 Å². The predicted molar refractivity (Wildman–Crippen MR) is 102 cm³/mol. The van der Waals surface area contributed by atoms with Gasteiger partial charge in [-0.15, -0.1) is 0 Å². The number of carbonyl (C=O) groups excluding carboxylic acids is 1. The molecular formula is C21H18O3P+. The fraction of sp³-hybridized carbons (Fsp3) is 0.0476. The number of aliphatic carboxylic acids is 1. The van der Waals surface area contributed by atoms with E-state index in [1.165, 1.54) is 0 Å². The molecule has 0 saturated heterocycles. The van der Waals surface area contributed by atoms with Gasteiger partial charge in [-0.05, 0) is 36.4 Å². The van der Waals surface area contributed by atoms with Gasteiger partial charge < -0.3 is 5.11 Å². The molecule has 0 amide bonds. The molecule has 3 aromatic rings. The van der Waals surface area contributed by atoms with Gasteiger partial charge in [-0.1, -0.05) is 54.6 Å². The zero-order chi connectivity index (χ0) is 17.7. The van der Waals surface area contributed by atoms with E-state index < -0.39 is 19.7 Å². The van der Waals surface area contributed by atoms with Gasteiger partial charge in [0.2, 0.25) is 0 Å². The van der Waals surface area contributed by atoms with E-state index in [9.17, 15) is 14.7 Å². The molecule has 124 valence electrons. The monoisotopic (exact) mass is 349 g/mol. The molecule has 4 heteroatoms. The SMILES string of the molecule is O=C(O)CC(=O)[P+](c1ccccc1)(c1ccccc1)c1ccccc1. The zero-order valence-corrected chi connectivity index (χ0v) is 14.5. The van der Waals surface area contributed by atoms with Gasteiger partial charge in [0.15, 0.2) is 7.26 Å². The first-order chi connectivity index (χ1) is 12.2. The Labute approximate surface area is 147 Å². The standard InChI is InChI=1S/C21H17O3P/c22-20(23)16-21(24)25(17-10-4-1-5-11-17,18-12-6-2-7-13-18)19-14-8-3-9-15-19/h1-15H,16H2/p+1. The number of carbonyl (C=O) groups is 2. The van der Waals surface area contributed by atoms with Crippen LogP contribution in [0.1, 0.15) is 6.42 Å². The Morgan fingerprint density at radius 2 is 0.960 bits per heavy atom. The quantitative estimate of drug-likeness (QED) is 0.550. The van der Waals surface area contributed by atoms with Gasteiger partial charge in [-0.25, -0.2) is 0 Å². The smallest absolute Gasteiger partial charge is 0.314 e. The third kappa shape index (κ3) is 3.24. The van der Waals surface area contributed by atoms with Crippen LogP contribution in [0.4, 0.5) is 0 Å². The lowest BCUT2D eigenvalue weighted by molar-refractivity contribution is -0.138. The van der Waals surface area contributed by atoms with Crippen molar-refractivity contribution in [1.82, 2.24) is 0 Å². The van der Waals surface area contributed by atoms with E-state index in [2.05, 4.69) is 0 Å². The van der Waals surface area contributed by atoms with Crippen LogP contribution in [-0.2, 0) is 9.59 Å². The van der Waals surface area contributed by atoms with Crippen LogP contribution in [0.3, 0.4) is 0 Å². The number of rotatable bonds is 6. The summed E-state index contributed by atoms with van der Waals surface area (Å²) in [6.45, 7) is 0. The van der Waals surface area contributed by atoms with Crippen molar-refractivity contribution >= 4 is 34.7 Å². The van der Waals surface area contributed by atoms with Crippen molar-refractivity contribution in [3.63, 3.8) is 0 Å². The van der Waals surface area contributed by atoms with E-state index in [0.717, 1.165) is 15.9 Å². The Balaban J connectivity index is 2.36. The predicted octanol–water partition coefficient (Wildman–Crippen LogP) is 2.98. The molecule has 3 nitrogen and oxygen atoms in total. The third-order valence-electron chi connectivity index (χ3n) is 4.11. The highest BCUT2D eigenvalue weighted by Gasteiger charge is 2.53. The molecule has 0 radical (unpaired) electrons. The van der Waals surface area contributed by atoms with Crippen molar-refractivity contribution in [3.05, 3.63) is 91.0 Å². The third-order valence-corrected chi connectivity index (χ3v) is 8.23. The van der Waals surface area contributed by atoms with Gasteiger partial charge in [-0.3, -0.25) is 9.59 Å². The van der Waals surface area contributed by atoms with E-state index in [0.29, 0.717) is 0 Å². The van der Waals surface area contributed by atoms with Gasteiger partial charge in [0.05, 0.1) is 0 Å². The van der Waals surface area contributed by atoms with Crippen LogP contribution in [-0.4, -0.2) is 16.6 Å². The molecule has 0 aliphatic rings. The molecule has 0 fully saturated rings. The second kappa shape index (κ2) is 7.42. The highest BCUT2D eigenvalue weighted by Crippen LogP contribution is 2.56. The van der Waals surface area contributed by atoms with Crippen LogP contribution in [0.2, 0.25) is 0 Å². The molecule has 0 aliphatic heterocycles. The van der Waals surface area contributed by atoms with Crippen molar-refractivity contribution < 1.29 is 14.7 Å². The van der Waals surface area contributed by atoms with E-state index >= 15 is 0 Å². The minimum atomic E-state index is -2.72. The lowest BCUT2D eigenvalue weighted by Gasteiger charge is -2.24. The summed E-state index contributed by atoms with van der Waals surface area (Å²) in [6, 6.07) is 28.6. The van der Waals surface area contributed by atoms with E-state index in [1.807, 2.05) is 91.0 Å². The molecule has 0 spiro atoms. The molecule has 0 bridgehead atoms. The minimum Gasteiger partial charge on any atom is -0.481 e. The number of carboxylic acids is 1. The molecule has 0 aromatic heterocycles. The van der Waals surface area contributed by atoms with E-state index in [-0.39, 0.29) is 5.52 Å². The largest absolute Gasteiger partial charge is 0.481 e. The van der Waals surface area contributed by atoms with Gasteiger partial charge in [0, 0.05) is 0 Å². The molecule has 0 heterocycles. The maximum Gasteiger partial charge on any atom is 0.314 e. The number of hydrogen-bond acceptors (Lipinski definition) is 2. The van der Waals surface area contributed by atoms with Crippen molar-refractivity contribution in [2.24, 2.45) is 0 Å². The minimum absolute atomic E-state index is 0.247. The first-order valence-electron chi connectivity index (χ1n) is 7.97. The van der Waals surface area contributed by atoms with Crippen molar-refractivity contribution in [1.29, 1.82) is 0 Å². The van der Waals surface area contributed by atoms with Crippen LogP contribution in [0.5, 0.6) is 0 Å². The van der Waals surface area contributed by atoms with Crippen molar-refractivity contribution in [2.75, 3.05) is 0 Å². The van der Waals surface area contributed by atoms with Crippen molar-refractivity contribution in [3.8, 4) is 0 Å². The maximum atomic E-state index is 13.3. The van der Waals surface area contributed by atoms with Crippen LogP contribution < -0.4 is 15.9 Å². The number of hydrogen-bond donors (Lipinski definition) is 1. The maximum absolute atomic E-state index is 13.3. The Hall–Kier alpha value is -2.77. The Kier molecular flexibility index (Phi) is 5.06. The molecule has 0 unspecified atom stereocenters. The summed E-state index contributed by atoms with van der Waals surface area (Å²) < 4.78 is 0. The summed E-state index contributed by atoms with van der Waals surface area (Å²) in [7, 11) is -2.72. The summed E-state index contributed by atoms with van der Waals surface area (Å²) in [5.41, 5.74) is -0.247. The van der Waals surface area contributed by atoms with Crippen LogP contribution in [0.25, 0.3) is 0 Å². The van der Waals surface area contributed by atoms with Crippen molar-refractivity contribution in [2.45, 2.75) is 6.42 Å². The molecule has 1 N–H and O–H groups in total. The Morgan fingerprint density at radius 1 is 0.640 bits per heavy atom. The summed E-state index contributed by atoms with van der Waals surface area (Å²) in [5.74, 6) is -1.10. The second-order valence-corrected chi connectivity index (χ2v) is 9.03. The highest BCUT2D eigenvalue weighted by molar-refractivity contribution is 8.08. The highest BCUT2D eigenvalue weighted by atomic mass is 31.2.